The van der Waals surface area contributed by atoms with Gasteiger partial charge in [-0.1, -0.05) is 135 Å². The number of allylic oxidation sites excluding steroid dienone is 5. The SMILES string of the molecule is C1=Cc2ccc(-c3c4ccccc4c(C4C=CC5=C(C4)C4CC4c4ccccc45)c4ccccc34)cc2CC1.CC. The number of benzene rings is 5. The van der Waals surface area contributed by atoms with E-state index in [-0.39, 0.29) is 0 Å². The highest BCUT2D eigenvalue weighted by Crippen LogP contribution is 2.61. The van der Waals surface area contributed by atoms with Crippen LogP contribution in [0.2, 0.25) is 0 Å². The van der Waals surface area contributed by atoms with E-state index in [1.165, 1.54) is 66.9 Å². The fraction of sp³-hybridized carbons (Fsp3) is 0.220. The van der Waals surface area contributed by atoms with Crippen LogP contribution in [-0.4, -0.2) is 0 Å². The normalized spacial score (nSPS) is 21.5. The smallest absolute Gasteiger partial charge is 0.00712 e. The summed E-state index contributed by atoms with van der Waals surface area (Å²) < 4.78 is 0. The van der Waals surface area contributed by atoms with Crippen LogP contribution in [0, 0.1) is 5.92 Å². The lowest BCUT2D eigenvalue weighted by Crippen LogP contribution is -2.11. The van der Waals surface area contributed by atoms with Crippen molar-refractivity contribution in [3.63, 3.8) is 0 Å². The van der Waals surface area contributed by atoms with Gasteiger partial charge in [-0.2, -0.15) is 0 Å². The topological polar surface area (TPSA) is 0 Å². The maximum Gasteiger partial charge on any atom is 0.00712 e. The summed E-state index contributed by atoms with van der Waals surface area (Å²) in [6, 6.07) is 34.6. The Bertz CT molecular complexity index is 1870. The third-order valence-electron chi connectivity index (χ3n) is 9.82. The summed E-state index contributed by atoms with van der Waals surface area (Å²) in [5, 5.41) is 5.57. The van der Waals surface area contributed by atoms with Crippen LogP contribution in [-0.2, 0) is 6.42 Å². The molecule has 0 nitrogen and oxygen atoms in total. The van der Waals surface area contributed by atoms with Crippen LogP contribution in [0.1, 0.15) is 72.8 Å². The molecule has 4 aliphatic rings. The number of fused-ring (bicyclic) bond motifs is 8. The van der Waals surface area contributed by atoms with Crippen LogP contribution in [0.15, 0.2) is 115 Å². The zero-order valence-corrected chi connectivity index (χ0v) is 24.0. The van der Waals surface area contributed by atoms with Crippen molar-refractivity contribution in [2.75, 3.05) is 0 Å². The van der Waals surface area contributed by atoms with Crippen molar-refractivity contribution >= 4 is 33.2 Å². The van der Waals surface area contributed by atoms with Crippen LogP contribution >= 0.6 is 0 Å². The van der Waals surface area contributed by atoms with Crippen LogP contribution < -0.4 is 0 Å². The van der Waals surface area contributed by atoms with E-state index in [2.05, 4.69) is 115 Å². The number of aryl methyl sites for hydroxylation is 1. The van der Waals surface area contributed by atoms with Gasteiger partial charge in [-0.3, -0.25) is 0 Å². The molecule has 0 bridgehead atoms. The predicted octanol–water partition coefficient (Wildman–Crippen LogP) is 11.3. The van der Waals surface area contributed by atoms with Crippen molar-refractivity contribution in [3.8, 4) is 11.1 Å². The van der Waals surface area contributed by atoms with E-state index in [0.29, 0.717) is 5.92 Å². The van der Waals surface area contributed by atoms with Crippen molar-refractivity contribution in [3.05, 3.63) is 143 Å². The summed E-state index contributed by atoms with van der Waals surface area (Å²) in [6.07, 6.45) is 14.3. The number of hydrogen-bond acceptors (Lipinski definition) is 0. The Morgan fingerprint density at radius 1 is 0.683 bits per heavy atom. The van der Waals surface area contributed by atoms with Gasteiger partial charge in [0.15, 0.2) is 0 Å². The van der Waals surface area contributed by atoms with Crippen LogP contribution in [0.5, 0.6) is 0 Å². The molecule has 5 aromatic carbocycles. The van der Waals surface area contributed by atoms with Crippen molar-refractivity contribution in [1.82, 2.24) is 0 Å². The summed E-state index contributed by atoms with van der Waals surface area (Å²) >= 11 is 0. The van der Waals surface area contributed by atoms with E-state index in [1.807, 2.05) is 13.8 Å². The van der Waals surface area contributed by atoms with Gasteiger partial charge in [0.05, 0.1) is 0 Å². The highest BCUT2D eigenvalue weighted by molar-refractivity contribution is 6.15. The van der Waals surface area contributed by atoms with Gasteiger partial charge in [0.1, 0.15) is 0 Å². The standard InChI is InChI=1S/C39H30.C2H6/c1-2-10-25-21-26(18-17-24(25)9-1)38-31-13-5-7-15-33(31)39(34-16-8-6-14-32(34)38)27-19-20-30-28-11-3-4-12-29(28)36-23-37(36)35(30)22-27;1-2/h1,3-9,11-21,27,36-37H,2,10,22-23H2;1-2H3. The molecular formula is C41H36. The summed E-state index contributed by atoms with van der Waals surface area (Å²) in [5.41, 5.74) is 13.3. The lowest BCUT2D eigenvalue weighted by atomic mass is 9.74. The van der Waals surface area contributed by atoms with Gasteiger partial charge in [0.2, 0.25) is 0 Å². The van der Waals surface area contributed by atoms with Gasteiger partial charge < -0.3 is 0 Å². The highest BCUT2D eigenvalue weighted by Gasteiger charge is 2.47. The Balaban J connectivity index is 0.00000125. The first kappa shape index (κ1) is 24.6. The molecule has 0 saturated heterocycles. The maximum absolute atomic E-state index is 2.51. The molecule has 41 heavy (non-hydrogen) atoms. The molecule has 4 aliphatic carbocycles. The van der Waals surface area contributed by atoms with Gasteiger partial charge in [-0.05, 0) is 104 Å². The second kappa shape index (κ2) is 9.74. The summed E-state index contributed by atoms with van der Waals surface area (Å²) in [4.78, 5) is 0. The number of hydrogen-bond donors (Lipinski definition) is 0. The molecule has 0 aromatic heterocycles. The largest absolute Gasteiger partial charge is 0.0836 e. The molecule has 0 radical (unpaired) electrons. The molecular weight excluding hydrogens is 492 g/mol. The minimum Gasteiger partial charge on any atom is -0.0836 e. The zero-order valence-electron chi connectivity index (χ0n) is 24.0. The second-order valence-corrected chi connectivity index (χ2v) is 11.9. The van der Waals surface area contributed by atoms with E-state index in [4.69, 9.17) is 0 Å². The van der Waals surface area contributed by atoms with Gasteiger partial charge in [-0.25, -0.2) is 0 Å². The van der Waals surface area contributed by atoms with Crippen molar-refractivity contribution in [2.24, 2.45) is 5.92 Å². The molecule has 200 valence electrons. The van der Waals surface area contributed by atoms with E-state index < -0.39 is 0 Å². The van der Waals surface area contributed by atoms with E-state index in [9.17, 15) is 0 Å². The predicted molar refractivity (Wildman–Crippen MR) is 176 cm³/mol. The molecule has 3 unspecified atom stereocenters. The molecule has 0 aliphatic heterocycles. The van der Waals surface area contributed by atoms with E-state index in [0.717, 1.165) is 31.1 Å². The Labute approximate surface area is 243 Å². The Morgan fingerprint density at radius 3 is 2.17 bits per heavy atom. The molecule has 0 heterocycles. The Morgan fingerprint density at radius 2 is 1.39 bits per heavy atom. The first-order valence-electron chi connectivity index (χ1n) is 15.6. The van der Waals surface area contributed by atoms with Crippen molar-refractivity contribution < 1.29 is 0 Å². The fourth-order valence-electron chi connectivity index (χ4n) is 8.00. The molecule has 3 atom stereocenters. The lowest BCUT2D eigenvalue weighted by Gasteiger charge is -2.30. The summed E-state index contributed by atoms with van der Waals surface area (Å²) in [5.74, 6) is 1.87. The Hall–Kier alpha value is -4.16. The first-order valence-corrected chi connectivity index (χ1v) is 15.6. The lowest BCUT2D eigenvalue weighted by molar-refractivity contribution is 0.752. The van der Waals surface area contributed by atoms with Crippen LogP contribution in [0.4, 0.5) is 0 Å². The molecule has 1 saturated carbocycles. The average molecular weight is 529 g/mol. The monoisotopic (exact) mass is 528 g/mol. The Kier molecular flexibility index (Phi) is 5.85. The fourth-order valence-corrected chi connectivity index (χ4v) is 8.00. The van der Waals surface area contributed by atoms with Gasteiger partial charge >= 0.3 is 0 Å². The van der Waals surface area contributed by atoms with E-state index in [1.54, 1.807) is 11.1 Å². The third kappa shape index (κ3) is 3.81. The third-order valence-corrected chi connectivity index (χ3v) is 9.82. The quantitative estimate of drug-likeness (QED) is 0.200. The van der Waals surface area contributed by atoms with Crippen molar-refractivity contribution in [1.29, 1.82) is 0 Å². The number of rotatable bonds is 2. The molecule has 9 rings (SSSR count). The van der Waals surface area contributed by atoms with Gasteiger partial charge in [0.25, 0.3) is 0 Å². The minimum absolute atomic E-state index is 0.396. The van der Waals surface area contributed by atoms with Gasteiger partial charge in [-0.15, -0.1) is 0 Å². The second-order valence-electron chi connectivity index (χ2n) is 11.9. The first-order chi connectivity index (χ1) is 20.3. The van der Waals surface area contributed by atoms with Crippen LogP contribution in [0.25, 0.3) is 44.3 Å². The maximum atomic E-state index is 2.51. The molecule has 0 N–H and O–H groups in total. The van der Waals surface area contributed by atoms with Gasteiger partial charge in [0, 0.05) is 5.92 Å². The summed E-state index contributed by atoms with van der Waals surface area (Å²) in [7, 11) is 0. The van der Waals surface area contributed by atoms with Crippen molar-refractivity contribution in [2.45, 2.75) is 51.4 Å². The highest BCUT2D eigenvalue weighted by atomic mass is 14.5. The molecule has 0 spiro atoms. The van der Waals surface area contributed by atoms with Crippen LogP contribution in [0.3, 0.4) is 0 Å². The molecule has 5 aromatic rings. The minimum atomic E-state index is 0.396. The summed E-state index contributed by atoms with van der Waals surface area (Å²) in [6.45, 7) is 4.00. The zero-order chi connectivity index (χ0) is 27.5. The average Bonchev–Trinajstić information content (AvgIpc) is 3.86. The molecule has 0 heteroatoms. The molecule has 0 amide bonds. The molecule has 1 fully saturated rings. The van der Waals surface area contributed by atoms with E-state index >= 15 is 0 Å².